The standard InChI is InChI=1S/C12H16N4O2/c1-2-9(12(14)18)10(13)11(17)7-4-3-5-8(6-7)16-15/h3-6,9,13,16H,2,15H2,1H3,(H2,14,18)/t9-/m1/s1. The summed E-state index contributed by atoms with van der Waals surface area (Å²) in [5.74, 6) is 3.21. The van der Waals surface area contributed by atoms with Gasteiger partial charge in [-0.25, -0.2) is 0 Å². The second-order valence-electron chi connectivity index (χ2n) is 3.83. The molecule has 1 aromatic carbocycles. The van der Waals surface area contributed by atoms with Crippen LogP contribution in [0, 0.1) is 11.3 Å². The second-order valence-corrected chi connectivity index (χ2v) is 3.83. The number of amides is 1. The number of anilines is 1. The fraction of sp³-hybridized carbons (Fsp3) is 0.250. The minimum absolute atomic E-state index is 0.292. The maximum atomic E-state index is 12.0. The van der Waals surface area contributed by atoms with Gasteiger partial charge in [0.1, 0.15) is 0 Å². The van der Waals surface area contributed by atoms with Crippen LogP contribution in [0.4, 0.5) is 5.69 Å². The minimum Gasteiger partial charge on any atom is -0.369 e. The number of nitrogens with one attached hydrogen (secondary N) is 2. The lowest BCUT2D eigenvalue weighted by Crippen LogP contribution is -2.34. The number of hydrogen-bond acceptors (Lipinski definition) is 5. The number of carbonyl (C=O) groups is 2. The molecule has 1 aromatic rings. The summed E-state index contributed by atoms with van der Waals surface area (Å²) >= 11 is 0. The third kappa shape index (κ3) is 2.92. The molecule has 18 heavy (non-hydrogen) atoms. The van der Waals surface area contributed by atoms with Crippen LogP contribution in [-0.2, 0) is 4.79 Å². The van der Waals surface area contributed by atoms with Crippen LogP contribution >= 0.6 is 0 Å². The molecule has 6 N–H and O–H groups in total. The molecule has 0 saturated carbocycles. The van der Waals surface area contributed by atoms with Crippen molar-refractivity contribution in [1.82, 2.24) is 0 Å². The Morgan fingerprint density at radius 2 is 2.11 bits per heavy atom. The van der Waals surface area contributed by atoms with Gasteiger partial charge in [0, 0.05) is 11.3 Å². The number of ketones is 1. The molecule has 0 heterocycles. The molecule has 1 rings (SSSR count). The lowest BCUT2D eigenvalue weighted by Gasteiger charge is -2.11. The van der Waals surface area contributed by atoms with Crippen molar-refractivity contribution in [2.75, 3.05) is 5.43 Å². The van der Waals surface area contributed by atoms with Crippen LogP contribution in [0.3, 0.4) is 0 Å². The maximum absolute atomic E-state index is 12.0. The first-order valence-corrected chi connectivity index (χ1v) is 5.50. The van der Waals surface area contributed by atoms with Crippen LogP contribution in [0.15, 0.2) is 24.3 Å². The maximum Gasteiger partial charge on any atom is 0.226 e. The van der Waals surface area contributed by atoms with Gasteiger partial charge in [-0.15, -0.1) is 0 Å². The van der Waals surface area contributed by atoms with Crippen LogP contribution in [-0.4, -0.2) is 17.4 Å². The SMILES string of the molecule is CC[C@H](C(=N)C(=O)c1cccc(NN)c1)C(N)=O. The highest BCUT2D eigenvalue weighted by Crippen LogP contribution is 2.14. The van der Waals surface area contributed by atoms with Crippen molar-refractivity contribution < 1.29 is 9.59 Å². The summed E-state index contributed by atoms with van der Waals surface area (Å²) < 4.78 is 0. The zero-order valence-electron chi connectivity index (χ0n) is 10.1. The Balaban J connectivity index is 2.99. The van der Waals surface area contributed by atoms with E-state index < -0.39 is 17.6 Å². The third-order valence-corrected chi connectivity index (χ3v) is 2.64. The summed E-state index contributed by atoms with van der Waals surface area (Å²) in [5, 5.41) is 7.75. The first kappa shape index (κ1) is 13.9. The largest absolute Gasteiger partial charge is 0.369 e. The van der Waals surface area contributed by atoms with Crippen molar-refractivity contribution in [2.45, 2.75) is 13.3 Å². The number of benzene rings is 1. The van der Waals surface area contributed by atoms with Crippen molar-refractivity contribution in [1.29, 1.82) is 5.41 Å². The molecule has 6 heteroatoms. The first-order valence-electron chi connectivity index (χ1n) is 5.50. The third-order valence-electron chi connectivity index (χ3n) is 2.64. The van der Waals surface area contributed by atoms with Gasteiger partial charge in [-0.05, 0) is 18.6 Å². The average molecular weight is 248 g/mol. The highest BCUT2D eigenvalue weighted by molar-refractivity contribution is 6.48. The molecule has 0 bridgehead atoms. The van der Waals surface area contributed by atoms with Crippen LogP contribution in [0.5, 0.6) is 0 Å². The Morgan fingerprint density at radius 1 is 1.44 bits per heavy atom. The van der Waals surface area contributed by atoms with E-state index in [1.54, 1.807) is 25.1 Å². The molecule has 0 fully saturated rings. The number of hydrogen-bond donors (Lipinski definition) is 4. The molecule has 6 nitrogen and oxygen atoms in total. The van der Waals surface area contributed by atoms with Crippen LogP contribution < -0.4 is 17.0 Å². The molecular weight excluding hydrogens is 232 g/mol. The molecule has 1 amide bonds. The summed E-state index contributed by atoms with van der Waals surface area (Å²) in [7, 11) is 0. The van der Waals surface area contributed by atoms with E-state index in [0.717, 1.165) is 0 Å². The van der Waals surface area contributed by atoms with Gasteiger partial charge in [0.2, 0.25) is 11.7 Å². The quantitative estimate of drug-likeness (QED) is 0.256. The smallest absolute Gasteiger partial charge is 0.226 e. The topological polar surface area (TPSA) is 122 Å². The Morgan fingerprint density at radius 3 is 2.61 bits per heavy atom. The zero-order chi connectivity index (χ0) is 13.7. The normalized spacial score (nSPS) is 11.7. The molecule has 0 radical (unpaired) electrons. The first-order chi connectivity index (χ1) is 8.51. The van der Waals surface area contributed by atoms with Crippen molar-refractivity contribution >= 4 is 23.1 Å². The van der Waals surface area contributed by atoms with Gasteiger partial charge in [-0.2, -0.15) is 0 Å². The van der Waals surface area contributed by atoms with E-state index in [-0.39, 0.29) is 5.71 Å². The zero-order valence-corrected chi connectivity index (χ0v) is 10.1. The number of rotatable bonds is 6. The van der Waals surface area contributed by atoms with Gasteiger partial charge in [0.15, 0.2) is 0 Å². The second kappa shape index (κ2) is 5.92. The molecular formula is C12H16N4O2. The van der Waals surface area contributed by atoms with Gasteiger partial charge in [0.25, 0.3) is 0 Å². The highest BCUT2D eigenvalue weighted by atomic mass is 16.1. The molecule has 0 aliphatic rings. The number of nitrogens with two attached hydrogens (primary N) is 2. The number of hydrazine groups is 1. The molecule has 0 unspecified atom stereocenters. The predicted octanol–water partition coefficient (Wildman–Crippen LogP) is 0.686. The monoisotopic (exact) mass is 248 g/mol. The number of carbonyl (C=O) groups excluding carboxylic acids is 2. The fourth-order valence-electron chi connectivity index (χ4n) is 1.61. The minimum atomic E-state index is -0.855. The molecule has 0 saturated heterocycles. The Labute approximate surface area is 105 Å². The molecule has 0 spiro atoms. The molecule has 0 aliphatic carbocycles. The Bertz CT molecular complexity index is 485. The van der Waals surface area contributed by atoms with E-state index >= 15 is 0 Å². The summed E-state index contributed by atoms with van der Waals surface area (Å²) in [6.07, 6.45) is 0.328. The van der Waals surface area contributed by atoms with E-state index in [4.69, 9.17) is 17.0 Å². The van der Waals surface area contributed by atoms with Crippen molar-refractivity contribution in [3.05, 3.63) is 29.8 Å². The lowest BCUT2D eigenvalue weighted by atomic mass is 9.93. The average Bonchev–Trinajstić information content (AvgIpc) is 2.38. The van der Waals surface area contributed by atoms with E-state index in [1.807, 2.05) is 0 Å². The highest BCUT2D eigenvalue weighted by Gasteiger charge is 2.25. The summed E-state index contributed by atoms with van der Waals surface area (Å²) in [5.41, 5.74) is 8.13. The number of nitrogen functional groups attached to an aromatic ring is 1. The summed E-state index contributed by atoms with van der Waals surface area (Å²) in [6, 6.07) is 6.41. The van der Waals surface area contributed by atoms with Crippen molar-refractivity contribution in [3.8, 4) is 0 Å². The Kier molecular flexibility index (Phi) is 4.56. The van der Waals surface area contributed by atoms with Crippen molar-refractivity contribution in [2.24, 2.45) is 17.5 Å². The number of primary amides is 1. The molecule has 96 valence electrons. The summed E-state index contributed by atoms with van der Waals surface area (Å²) in [6.45, 7) is 1.70. The molecule has 1 atom stereocenters. The van der Waals surface area contributed by atoms with E-state index in [9.17, 15) is 9.59 Å². The van der Waals surface area contributed by atoms with E-state index in [2.05, 4.69) is 5.43 Å². The fourth-order valence-corrected chi connectivity index (χ4v) is 1.61. The van der Waals surface area contributed by atoms with E-state index in [0.29, 0.717) is 17.7 Å². The Hall–Kier alpha value is -2.21. The lowest BCUT2D eigenvalue weighted by molar-refractivity contribution is -0.119. The predicted molar refractivity (Wildman–Crippen MR) is 69.3 cm³/mol. The van der Waals surface area contributed by atoms with Gasteiger partial charge in [0.05, 0.1) is 11.6 Å². The van der Waals surface area contributed by atoms with Crippen LogP contribution in [0.1, 0.15) is 23.7 Å². The van der Waals surface area contributed by atoms with Gasteiger partial charge in [-0.3, -0.25) is 15.4 Å². The van der Waals surface area contributed by atoms with Crippen LogP contribution in [0.2, 0.25) is 0 Å². The van der Waals surface area contributed by atoms with Gasteiger partial charge in [-0.1, -0.05) is 19.1 Å². The van der Waals surface area contributed by atoms with E-state index in [1.165, 1.54) is 6.07 Å². The van der Waals surface area contributed by atoms with Crippen molar-refractivity contribution in [3.63, 3.8) is 0 Å². The van der Waals surface area contributed by atoms with Gasteiger partial charge < -0.3 is 16.6 Å². The van der Waals surface area contributed by atoms with Crippen LogP contribution in [0.25, 0.3) is 0 Å². The molecule has 0 aromatic heterocycles. The number of Topliss-reactive ketones (excluding diaryl/α,β-unsaturated/α-hetero) is 1. The summed E-state index contributed by atoms with van der Waals surface area (Å²) in [4.78, 5) is 23.1. The molecule has 0 aliphatic heterocycles. The van der Waals surface area contributed by atoms with Gasteiger partial charge >= 0.3 is 0 Å².